The van der Waals surface area contributed by atoms with Crippen LogP contribution in [0.4, 0.5) is 4.39 Å². The van der Waals surface area contributed by atoms with Crippen LogP contribution in [-0.2, 0) is 5.88 Å². The number of rotatable bonds is 1. The van der Waals surface area contributed by atoms with Gasteiger partial charge >= 0.3 is 0 Å². The quantitative estimate of drug-likeness (QED) is 0.435. The third kappa shape index (κ3) is 1.79. The fraction of sp³-hybridized carbons (Fsp3) is 0.167. The van der Waals surface area contributed by atoms with E-state index in [1.165, 1.54) is 6.20 Å². The van der Waals surface area contributed by atoms with Crippen molar-refractivity contribution in [2.75, 3.05) is 0 Å². The van der Waals surface area contributed by atoms with Gasteiger partial charge in [-0.2, -0.15) is 4.39 Å². The van der Waals surface area contributed by atoms with Crippen LogP contribution in [0, 0.1) is 9.52 Å². The first-order chi connectivity index (χ1) is 4.74. The molecule has 0 N–H and O–H groups in total. The van der Waals surface area contributed by atoms with Gasteiger partial charge in [-0.15, -0.1) is 11.6 Å². The predicted molar refractivity (Wildman–Crippen MR) is 46.5 cm³/mol. The number of aromatic nitrogens is 1. The van der Waals surface area contributed by atoms with E-state index in [9.17, 15) is 4.39 Å². The molecule has 1 heterocycles. The third-order valence-electron chi connectivity index (χ3n) is 1.01. The summed E-state index contributed by atoms with van der Waals surface area (Å²) in [7, 11) is 0. The van der Waals surface area contributed by atoms with E-state index in [-0.39, 0.29) is 0 Å². The number of hydrogen-bond donors (Lipinski definition) is 0. The van der Waals surface area contributed by atoms with Crippen LogP contribution in [0.3, 0.4) is 0 Å². The summed E-state index contributed by atoms with van der Waals surface area (Å²) in [6.45, 7) is 0. The highest BCUT2D eigenvalue weighted by molar-refractivity contribution is 14.1. The van der Waals surface area contributed by atoms with Crippen molar-refractivity contribution in [3.05, 3.63) is 27.3 Å². The molecule has 0 saturated carbocycles. The molecule has 0 unspecified atom stereocenters. The highest BCUT2D eigenvalue weighted by Gasteiger charge is 1.99. The molecule has 10 heavy (non-hydrogen) atoms. The van der Waals surface area contributed by atoms with Crippen molar-refractivity contribution in [1.29, 1.82) is 0 Å². The van der Waals surface area contributed by atoms with Crippen LogP contribution in [0.2, 0.25) is 0 Å². The number of pyridine rings is 1. The Labute approximate surface area is 76.7 Å². The lowest BCUT2D eigenvalue weighted by Gasteiger charge is -1.95. The molecule has 0 atom stereocenters. The Kier molecular flexibility index (Phi) is 2.85. The first kappa shape index (κ1) is 8.20. The molecule has 0 fully saturated rings. The van der Waals surface area contributed by atoms with E-state index < -0.39 is 5.95 Å². The molecule has 0 spiro atoms. The standard InChI is InChI=1S/C6H4ClFIN/c7-2-4-1-5(9)6(8)10-3-4/h1,3H,2H2. The third-order valence-corrected chi connectivity index (χ3v) is 2.07. The fourth-order valence-corrected chi connectivity index (χ4v) is 1.22. The van der Waals surface area contributed by atoms with Crippen LogP contribution < -0.4 is 0 Å². The minimum absolute atomic E-state index is 0.378. The Bertz CT molecular complexity index is 241. The Balaban J connectivity index is 3.04. The maximum Gasteiger partial charge on any atom is 0.226 e. The molecule has 1 nitrogen and oxygen atoms in total. The molecule has 54 valence electrons. The zero-order valence-corrected chi connectivity index (χ0v) is 7.86. The summed E-state index contributed by atoms with van der Waals surface area (Å²) in [6.07, 6.45) is 1.44. The van der Waals surface area contributed by atoms with Gasteiger partial charge in [0.05, 0.1) is 3.57 Å². The van der Waals surface area contributed by atoms with E-state index in [4.69, 9.17) is 11.6 Å². The molecule has 0 saturated heterocycles. The summed E-state index contributed by atoms with van der Waals surface area (Å²) in [6, 6.07) is 1.68. The summed E-state index contributed by atoms with van der Waals surface area (Å²) in [5.41, 5.74) is 0.840. The molecule has 1 aromatic heterocycles. The first-order valence-corrected chi connectivity index (χ1v) is 4.21. The summed E-state index contributed by atoms with van der Waals surface area (Å²) in [4.78, 5) is 3.49. The van der Waals surface area contributed by atoms with E-state index in [0.717, 1.165) is 5.56 Å². The largest absolute Gasteiger partial charge is 0.227 e. The molecule has 0 aliphatic heterocycles. The van der Waals surface area contributed by atoms with Gasteiger partial charge in [-0.05, 0) is 34.2 Å². The van der Waals surface area contributed by atoms with Crippen LogP contribution in [0.5, 0.6) is 0 Å². The second-order valence-corrected chi connectivity index (χ2v) is 3.18. The molecule has 1 rings (SSSR count). The van der Waals surface area contributed by atoms with Crippen molar-refractivity contribution in [3.63, 3.8) is 0 Å². The highest BCUT2D eigenvalue weighted by atomic mass is 127. The second-order valence-electron chi connectivity index (χ2n) is 1.75. The van der Waals surface area contributed by atoms with Gasteiger partial charge in [-0.1, -0.05) is 0 Å². The molecule has 0 bridgehead atoms. The minimum Gasteiger partial charge on any atom is -0.227 e. The second kappa shape index (κ2) is 3.48. The highest BCUT2D eigenvalue weighted by Crippen LogP contribution is 2.11. The van der Waals surface area contributed by atoms with Gasteiger partial charge in [0.2, 0.25) is 5.95 Å². The van der Waals surface area contributed by atoms with Crippen molar-refractivity contribution in [3.8, 4) is 0 Å². The van der Waals surface area contributed by atoms with Crippen LogP contribution in [0.25, 0.3) is 0 Å². The van der Waals surface area contributed by atoms with E-state index in [1.807, 2.05) is 22.6 Å². The molecule has 0 amide bonds. The maximum absolute atomic E-state index is 12.5. The molecule has 0 aliphatic rings. The van der Waals surface area contributed by atoms with Crippen LogP contribution >= 0.6 is 34.2 Å². The Morgan fingerprint density at radius 1 is 1.70 bits per heavy atom. The van der Waals surface area contributed by atoms with Gasteiger partial charge in [0.25, 0.3) is 0 Å². The normalized spacial score (nSPS) is 9.90. The lowest BCUT2D eigenvalue weighted by Crippen LogP contribution is -1.89. The molecule has 0 aromatic carbocycles. The maximum atomic E-state index is 12.5. The molecular weight excluding hydrogens is 267 g/mol. The van der Waals surface area contributed by atoms with Crippen LogP contribution in [0.1, 0.15) is 5.56 Å². The number of halogens is 3. The van der Waals surface area contributed by atoms with Crippen molar-refractivity contribution in [2.24, 2.45) is 0 Å². The lowest BCUT2D eigenvalue weighted by molar-refractivity contribution is 0.575. The number of hydrogen-bond acceptors (Lipinski definition) is 1. The van der Waals surface area contributed by atoms with E-state index >= 15 is 0 Å². The predicted octanol–water partition coefficient (Wildman–Crippen LogP) is 2.56. The van der Waals surface area contributed by atoms with E-state index in [1.54, 1.807) is 6.07 Å². The van der Waals surface area contributed by atoms with Crippen molar-refractivity contribution in [2.45, 2.75) is 5.88 Å². The fourth-order valence-electron chi connectivity index (χ4n) is 0.534. The molecule has 1 aromatic rings. The van der Waals surface area contributed by atoms with Gasteiger partial charge < -0.3 is 0 Å². The topological polar surface area (TPSA) is 12.9 Å². The Morgan fingerprint density at radius 2 is 2.40 bits per heavy atom. The van der Waals surface area contributed by atoms with Gasteiger partial charge in [-0.25, -0.2) is 4.98 Å². The van der Waals surface area contributed by atoms with Gasteiger partial charge in [0, 0.05) is 12.1 Å². The molecule has 0 radical (unpaired) electrons. The molecule has 4 heteroatoms. The Morgan fingerprint density at radius 3 is 2.90 bits per heavy atom. The first-order valence-electron chi connectivity index (χ1n) is 2.60. The molecule has 0 aliphatic carbocycles. The summed E-state index contributed by atoms with van der Waals surface area (Å²) >= 11 is 7.36. The zero-order valence-electron chi connectivity index (χ0n) is 4.94. The minimum atomic E-state index is -0.436. The molecular formula is C6H4ClFIN. The van der Waals surface area contributed by atoms with Crippen molar-refractivity contribution < 1.29 is 4.39 Å². The van der Waals surface area contributed by atoms with E-state index in [0.29, 0.717) is 9.45 Å². The zero-order chi connectivity index (χ0) is 7.56. The van der Waals surface area contributed by atoms with E-state index in [2.05, 4.69) is 4.98 Å². The van der Waals surface area contributed by atoms with Gasteiger partial charge in [0.15, 0.2) is 0 Å². The van der Waals surface area contributed by atoms with Crippen molar-refractivity contribution >= 4 is 34.2 Å². The SMILES string of the molecule is Fc1ncc(CCl)cc1I. The van der Waals surface area contributed by atoms with Crippen molar-refractivity contribution in [1.82, 2.24) is 4.98 Å². The average Bonchev–Trinajstić information content (AvgIpc) is 1.95. The monoisotopic (exact) mass is 271 g/mol. The number of nitrogens with zero attached hydrogens (tertiary/aromatic N) is 1. The average molecular weight is 271 g/mol. The lowest BCUT2D eigenvalue weighted by atomic mass is 10.3. The van der Waals surface area contributed by atoms with Gasteiger partial charge in [0.1, 0.15) is 0 Å². The number of alkyl halides is 1. The summed E-state index contributed by atoms with van der Waals surface area (Å²) in [5, 5.41) is 0. The van der Waals surface area contributed by atoms with Crippen LogP contribution in [0.15, 0.2) is 12.3 Å². The summed E-state index contributed by atoms with van der Waals surface area (Å²) < 4.78 is 13.0. The van der Waals surface area contributed by atoms with Crippen LogP contribution in [-0.4, -0.2) is 4.98 Å². The van der Waals surface area contributed by atoms with Gasteiger partial charge in [-0.3, -0.25) is 0 Å². The Hall–Kier alpha value is 0.100. The summed E-state index contributed by atoms with van der Waals surface area (Å²) in [5.74, 6) is -0.0574. The smallest absolute Gasteiger partial charge is 0.226 e.